The predicted octanol–water partition coefficient (Wildman–Crippen LogP) is 12.3. The molecule has 0 aliphatic carbocycles. The van der Waals surface area contributed by atoms with Crippen molar-refractivity contribution in [2.45, 2.75) is 5.92 Å². The maximum absolute atomic E-state index is 8.89. The first-order valence-corrected chi connectivity index (χ1v) is 15.4. The van der Waals surface area contributed by atoms with E-state index >= 15 is 0 Å². The van der Waals surface area contributed by atoms with Crippen LogP contribution < -0.4 is 0 Å². The quantitative estimate of drug-likeness (QED) is 0.173. The minimum atomic E-state index is -0.709. The Bertz CT molecular complexity index is 2930. The Hall–Kier alpha value is -6.05. The highest BCUT2D eigenvalue weighted by molar-refractivity contribution is 6.23. The summed E-state index contributed by atoms with van der Waals surface area (Å²) in [5.41, 5.74) is 7.00. The molecule has 8 aromatic carbocycles. The summed E-state index contributed by atoms with van der Waals surface area (Å²) in [7, 11) is 0. The highest BCUT2D eigenvalue weighted by Crippen LogP contribution is 2.47. The summed E-state index contributed by atoms with van der Waals surface area (Å²) in [6, 6.07) is 35.4. The normalized spacial score (nSPS) is 16.9. The van der Waals surface area contributed by atoms with Crippen molar-refractivity contribution < 1.29 is 13.7 Å². The predicted molar refractivity (Wildman–Crippen MR) is 199 cm³/mol. The molecule has 0 spiro atoms. The van der Waals surface area contributed by atoms with Crippen LogP contribution in [-0.2, 0) is 0 Å². The largest absolute Gasteiger partial charge is 0.252 e. The molecule has 0 amide bonds. The number of nitrogens with zero attached hydrogens (tertiary/aromatic N) is 1. The fourth-order valence-electron chi connectivity index (χ4n) is 6.97. The molecule has 0 saturated carbocycles. The zero-order valence-corrected chi connectivity index (χ0v) is 25.1. The van der Waals surface area contributed by atoms with Gasteiger partial charge in [-0.3, -0.25) is 4.99 Å². The third-order valence-electron chi connectivity index (χ3n) is 8.91. The third kappa shape index (κ3) is 4.59. The van der Waals surface area contributed by atoms with Crippen LogP contribution in [0.25, 0.3) is 54.9 Å². The second-order valence-electron chi connectivity index (χ2n) is 11.5. The summed E-state index contributed by atoms with van der Waals surface area (Å²) in [5.74, 6) is -0.709. The summed E-state index contributed by atoms with van der Waals surface area (Å²) >= 11 is 0. The Morgan fingerprint density at radius 1 is 0.447 bits per heavy atom. The fraction of sp³-hybridized carbons (Fsp3) is 0.0217. The molecule has 0 saturated heterocycles. The summed E-state index contributed by atoms with van der Waals surface area (Å²) in [4.78, 5) is 5.04. The molecule has 1 aliphatic rings. The first-order chi connectivity index (χ1) is 27.5. The van der Waals surface area contributed by atoms with E-state index in [1.165, 1.54) is 0 Å². The lowest BCUT2D eigenvalue weighted by Crippen LogP contribution is -2.11. The molecule has 9 rings (SSSR count). The molecule has 1 nitrogen and oxygen atoms in total. The van der Waals surface area contributed by atoms with Gasteiger partial charge in [0.15, 0.2) is 0 Å². The first kappa shape index (κ1) is 18.8. The van der Waals surface area contributed by atoms with Crippen molar-refractivity contribution in [3.05, 3.63) is 198 Å². The van der Waals surface area contributed by atoms with Crippen LogP contribution in [0.5, 0.6) is 0 Å². The van der Waals surface area contributed by atoms with Crippen molar-refractivity contribution in [1.82, 2.24) is 0 Å². The lowest BCUT2D eigenvalue weighted by Gasteiger charge is -2.20. The fourth-order valence-corrected chi connectivity index (χ4v) is 6.97. The molecule has 0 radical (unpaired) electrons. The Balaban J connectivity index is 1.29. The van der Waals surface area contributed by atoms with Crippen LogP contribution >= 0.6 is 0 Å². The highest BCUT2D eigenvalue weighted by Gasteiger charge is 2.30. The minimum Gasteiger partial charge on any atom is -0.252 e. The van der Waals surface area contributed by atoms with Gasteiger partial charge in [0, 0.05) is 0 Å². The first-order valence-electron chi connectivity index (χ1n) is 20.4. The highest BCUT2D eigenvalue weighted by atomic mass is 14.8. The van der Waals surface area contributed by atoms with Crippen molar-refractivity contribution in [3.63, 3.8) is 0 Å². The molecule has 8 aromatic rings. The van der Waals surface area contributed by atoms with Crippen molar-refractivity contribution in [1.29, 1.82) is 0 Å². The lowest BCUT2D eigenvalue weighted by atomic mass is 9.82. The van der Waals surface area contributed by atoms with Gasteiger partial charge >= 0.3 is 0 Å². The van der Waals surface area contributed by atoms with E-state index in [9.17, 15) is 0 Å². The van der Waals surface area contributed by atoms with Gasteiger partial charge in [0.25, 0.3) is 0 Å². The lowest BCUT2D eigenvalue weighted by molar-refractivity contribution is 1.11. The molecular weight excluding hydrogens is 567 g/mol. The second kappa shape index (κ2) is 11.4. The van der Waals surface area contributed by atoms with Crippen LogP contribution in [0, 0.1) is 0 Å². The van der Waals surface area contributed by atoms with Crippen LogP contribution in [0.3, 0.4) is 0 Å². The van der Waals surface area contributed by atoms with E-state index in [2.05, 4.69) is 12.1 Å². The van der Waals surface area contributed by atoms with Crippen molar-refractivity contribution in [2.75, 3.05) is 0 Å². The molecule has 220 valence electrons. The molecule has 1 heteroatoms. The number of benzene rings is 8. The number of fused-ring (bicyclic) bond motifs is 3. The summed E-state index contributed by atoms with van der Waals surface area (Å²) < 4.78 is 85.6. The summed E-state index contributed by atoms with van der Waals surface area (Å²) in [6.07, 6.45) is 0. The molecule has 47 heavy (non-hydrogen) atoms. The van der Waals surface area contributed by atoms with E-state index in [1.807, 2.05) is 103 Å². The monoisotopic (exact) mass is 607 g/mol. The van der Waals surface area contributed by atoms with Crippen LogP contribution in [0.4, 0.5) is 5.69 Å². The van der Waals surface area contributed by atoms with Gasteiger partial charge in [-0.1, -0.05) is 170 Å². The van der Waals surface area contributed by atoms with Gasteiger partial charge in [0.05, 0.1) is 31.0 Å². The van der Waals surface area contributed by atoms with Crippen molar-refractivity contribution in [3.8, 4) is 33.4 Å². The number of aliphatic imine (C=N–C) groups is 1. The van der Waals surface area contributed by atoms with Gasteiger partial charge in [0.1, 0.15) is 0 Å². The van der Waals surface area contributed by atoms with E-state index in [0.717, 1.165) is 54.9 Å². The maximum atomic E-state index is 8.89. The molecule has 0 fully saturated rings. The summed E-state index contributed by atoms with van der Waals surface area (Å²) in [5, 5.41) is 3.66. The van der Waals surface area contributed by atoms with Gasteiger partial charge in [-0.2, -0.15) is 0 Å². The Morgan fingerprint density at radius 3 is 1.70 bits per heavy atom. The van der Waals surface area contributed by atoms with Crippen LogP contribution in [0.2, 0.25) is 0 Å². The average Bonchev–Trinajstić information content (AvgIpc) is 3.62. The van der Waals surface area contributed by atoms with E-state index < -0.39 is 42.2 Å². The topological polar surface area (TPSA) is 12.4 Å². The van der Waals surface area contributed by atoms with Gasteiger partial charge in [-0.15, -0.1) is 0 Å². The number of para-hydroxylation sites is 1. The standard InChI is InChI=1S/C46H31N/c1-3-16-31(17-4-1)35-22-7-8-23-36(35)45-39-26-11-9-24-37(39)43(38-25-10-12-27-40(38)45)33-20-15-21-34(30-33)46-44(32-18-5-2-6-19-32)41-28-13-14-29-42(41)47-46/h1-30,44H/i1D,2D,3D,4D,5D,6D,16D,17D,18D,19D. The van der Waals surface area contributed by atoms with E-state index in [1.54, 1.807) is 6.07 Å². The number of hydrogen-bond donors (Lipinski definition) is 0. The SMILES string of the molecule is [2H]c1c([2H])c([2H])c(-c2ccccc2-c2c3ccccc3c(-c3cccc(C4=Nc5ccccc5C4c4c([2H])c([2H])c([2H])c([2H])c4[2H])c3)c3ccccc23)c([2H])c1[2H]. The van der Waals surface area contributed by atoms with Crippen molar-refractivity contribution in [2.24, 2.45) is 4.99 Å². The van der Waals surface area contributed by atoms with Crippen molar-refractivity contribution >= 4 is 32.9 Å². The van der Waals surface area contributed by atoms with Crippen LogP contribution in [0.15, 0.2) is 187 Å². The van der Waals surface area contributed by atoms with E-state index in [-0.39, 0.29) is 35.3 Å². The van der Waals surface area contributed by atoms with Crippen LogP contribution in [0.1, 0.15) is 36.3 Å². The molecule has 1 unspecified atom stereocenters. The molecular formula is C46H31N. The Kier molecular flexibility index (Phi) is 4.56. The molecule has 1 heterocycles. The second-order valence-corrected chi connectivity index (χ2v) is 11.5. The van der Waals surface area contributed by atoms with Gasteiger partial charge in [-0.25, -0.2) is 0 Å². The van der Waals surface area contributed by atoms with Gasteiger partial charge in [0.2, 0.25) is 0 Å². The minimum absolute atomic E-state index is 0.133. The molecule has 0 bridgehead atoms. The van der Waals surface area contributed by atoms with Gasteiger partial charge < -0.3 is 0 Å². The number of hydrogen-bond acceptors (Lipinski definition) is 1. The van der Waals surface area contributed by atoms with Gasteiger partial charge in [-0.05, 0) is 83.7 Å². The smallest absolute Gasteiger partial charge is 0.0675 e. The molecule has 0 N–H and O–H groups in total. The average molecular weight is 608 g/mol. The van der Waals surface area contributed by atoms with E-state index in [4.69, 9.17) is 18.7 Å². The zero-order chi connectivity index (χ0) is 39.9. The Labute approximate surface area is 289 Å². The molecule has 1 atom stereocenters. The molecule has 1 aliphatic heterocycles. The molecule has 0 aromatic heterocycles. The maximum Gasteiger partial charge on any atom is 0.0675 e. The summed E-state index contributed by atoms with van der Waals surface area (Å²) in [6.45, 7) is 0. The van der Waals surface area contributed by atoms with Crippen LogP contribution in [-0.4, -0.2) is 5.71 Å². The Morgan fingerprint density at radius 2 is 1.00 bits per heavy atom. The zero-order valence-electron chi connectivity index (χ0n) is 35.1. The van der Waals surface area contributed by atoms with E-state index in [0.29, 0.717) is 17.0 Å². The number of rotatable bonds is 5. The third-order valence-corrected chi connectivity index (χ3v) is 8.91.